The Morgan fingerprint density at radius 2 is 1.40 bits per heavy atom. The van der Waals surface area contributed by atoms with Gasteiger partial charge < -0.3 is 14.2 Å². The minimum Gasteiger partial charge on any atom is -0.497 e. The van der Waals surface area contributed by atoms with Crippen molar-refractivity contribution in [1.82, 2.24) is 24.8 Å². The predicted octanol–water partition coefficient (Wildman–Crippen LogP) is 3.05. The largest absolute Gasteiger partial charge is 0.497 e. The summed E-state index contributed by atoms with van der Waals surface area (Å²) in [5.41, 5.74) is 2.74. The maximum Gasteiger partial charge on any atom is 0.376 e. The molecule has 2 aromatic carbocycles. The van der Waals surface area contributed by atoms with Gasteiger partial charge in [0.1, 0.15) is 17.2 Å². The third kappa shape index (κ3) is 3.41. The van der Waals surface area contributed by atoms with E-state index in [1.807, 2.05) is 48.5 Å². The third-order valence-corrected chi connectivity index (χ3v) is 4.52. The lowest BCUT2D eigenvalue weighted by Crippen LogP contribution is -2.12. The second-order valence-electron chi connectivity index (χ2n) is 6.23. The Balaban J connectivity index is 2.00. The first-order valence-corrected chi connectivity index (χ1v) is 9.24. The quantitative estimate of drug-likeness (QED) is 0.451. The van der Waals surface area contributed by atoms with Crippen LogP contribution < -0.4 is 9.47 Å². The van der Waals surface area contributed by atoms with E-state index in [9.17, 15) is 4.79 Å². The molecule has 0 radical (unpaired) electrons. The molecule has 4 aromatic rings. The Labute approximate surface area is 172 Å². The molecule has 2 aromatic heterocycles. The lowest BCUT2D eigenvalue weighted by Gasteiger charge is -2.13. The zero-order valence-electron chi connectivity index (χ0n) is 16.7. The van der Waals surface area contributed by atoms with Crippen molar-refractivity contribution in [2.24, 2.45) is 0 Å². The highest BCUT2D eigenvalue weighted by molar-refractivity contribution is 5.89. The molecular formula is C21H19N5O4. The molecule has 0 atom stereocenters. The zero-order chi connectivity index (χ0) is 21.1. The van der Waals surface area contributed by atoms with Crippen LogP contribution in [0.4, 0.5) is 0 Å². The van der Waals surface area contributed by atoms with Gasteiger partial charge >= 0.3 is 5.97 Å². The van der Waals surface area contributed by atoms with Crippen molar-refractivity contribution in [3.63, 3.8) is 0 Å². The van der Waals surface area contributed by atoms with Crippen LogP contribution in [0.2, 0.25) is 0 Å². The first-order chi connectivity index (χ1) is 14.7. The highest BCUT2D eigenvalue weighted by Gasteiger charge is 2.23. The highest BCUT2D eigenvalue weighted by Crippen LogP contribution is 2.32. The molecule has 4 rings (SSSR count). The lowest BCUT2D eigenvalue weighted by molar-refractivity contribution is 0.0510. The summed E-state index contributed by atoms with van der Waals surface area (Å²) in [6.45, 7) is 1.95. The molecule has 9 nitrogen and oxygen atoms in total. The number of ether oxygens (including phenoxy) is 3. The maximum atomic E-state index is 12.5. The second kappa shape index (κ2) is 8.16. The highest BCUT2D eigenvalue weighted by atomic mass is 16.5. The number of esters is 1. The number of methoxy groups -OCH3 is 2. The first-order valence-electron chi connectivity index (χ1n) is 9.24. The first kappa shape index (κ1) is 19.3. The molecule has 2 heterocycles. The van der Waals surface area contributed by atoms with Crippen LogP contribution >= 0.6 is 0 Å². The molecule has 0 saturated heterocycles. The maximum absolute atomic E-state index is 12.5. The van der Waals surface area contributed by atoms with Crippen LogP contribution in [0, 0.1) is 0 Å². The van der Waals surface area contributed by atoms with Crippen molar-refractivity contribution in [2.45, 2.75) is 6.92 Å². The molecule has 30 heavy (non-hydrogen) atoms. The molecule has 0 N–H and O–H groups in total. The molecule has 0 aliphatic carbocycles. The van der Waals surface area contributed by atoms with Crippen molar-refractivity contribution in [2.75, 3.05) is 20.8 Å². The van der Waals surface area contributed by atoms with Crippen LogP contribution in [0.5, 0.6) is 11.5 Å². The minimum atomic E-state index is -0.589. The Kier molecular flexibility index (Phi) is 5.25. The summed E-state index contributed by atoms with van der Waals surface area (Å²) < 4.78 is 17.2. The summed E-state index contributed by atoms with van der Waals surface area (Å²) in [6.07, 6.45) is 0. The summed E-state index contributed by atoms with van der Waals surface area (Å²) >= 11 is 0. The van der Waals surface area contributed by atoms with E-state index >= 15 is 0 Å². The number of rotatable bonds is 6. The van der Waals surface area contributed by atoms with E-state index < -0.39 is 5.97 Å². The Morgan fingerprint density at radius 3 is 1.97 bits per heavy atom. The number of aromatic nitrogens is 5. The summed E-state index contributed by atoms with van der Waals surface area (Å²) in [5.74, 6) is 1.06. The van der Waals surface area contributed by atoms with E-state index in [0.717, 1.165) is 16.9 Å². The molecule has 152 valence electrons. The molecule has 0 spiro atoms. The van der Waals surface area contributed by atoms with Gasteiger partial charge in [-0.2, -0.15) is 0 Å². The summed E-state index contributed by atoms with van der Waals surface area (Å²) in [5, 5.41) is 16.5. The van der Waals surface area contributed by atoms with E-state index in [2.05, 4.69) is 20.4 Å². The number of carbonyl (C=O) groups excluding carboxylic acids is 1. The molecule has 0 aliphatic rings. The van der Waals surface area contributed by atoms with Crippen LogP contribution in [0.25, 0.3) is 28.3 Å². The molecule has 0 unspecified atom stereocenters. The number of hydrogen-bond acceptors (Lipinski definition) is 8. The van der Waals surface area contributed by atoms with Crippen LogP contribution in [-0.4, -0.2) is 51.6 Å². The fraction of sp³-hybridized carbons (Fsp3) is 0.190. The van der Waals surface area contributed by atoms with Gasteiger partial charge in [-0.1, -0.05) is 0 Å². The van der Waals surface area contributed by atoms with E-state index in [1.165, 1.54) is 0 Å². The molecule has 9 heteroatoms. The van der Waals surface area contributed by atoms with Crippen LogP contribution in [0.15, 0.2) is 48.5 Å². The van der Waals surface area contributed by atoms with Crippen LogP contribution in [0.1, 0.15) is 17.5 Å². The normalized spacial score (nSPS) is 10.8. The van der Waals surface area contributed by atoms with Gasteiger partial charge in [-0.25, -0.2) is 9.20 Å². The summed E-state index contributed by atoms with van der Waals surface area (Å²) in [4.78, 5) is 12.5. The standard InChI is InChI=1S/C21H19N5O4/c1-4-30-20(27)19-23-25-21-24-22-17(13-5-9-15(28-2)10-6-13)18(26(19)21)14-7-11-16(29-3)12-8-14/h5-12H,4H2,1-3H3. The van der Waals surface area contributed by atoms with Gasteiger partial charge in [0, 0.05) is 11.1 Å². The van der Waals surface area contributed by atoms with E-state index in [4.69, 9.17) is 14.2 Å². The van der Waals surface area contributed by atoms with Gasteiger partial charge in [-0.3, -0.25) is 0 Å². The Morgan fingerprint density at radius 1 is 0.833 bits per heavy atom. The van der Waals surface area contributed by atoms with E-state index in [-0.39, 0.29) is 18.2 Å². The monoisotopic (exact) mass is 405 g/mol. The minimum absolute atomic E-state index is 0.0299. The number of hydrogen-bond donors (Lipinski definition) is 0. The smallest absolute Gasteiger partial charge is 0.376 e. The average Bonchev–Trinajstić information content (AvgIpc) is 3.23. The van der Waals surface area contributed by atoms with Gasteiger partial charge in [-0.15, -0.1) is 20.4 Å². The van der Waals surface area contributed by atoms with Crippen molar-refractivity contribution in [3.05, 3.63) is 54.4 Å². The average molecular weight is 405 g/mol. The third-order valence-electron chi connectivity index (χ3n) is 4.52. The Bertz CT molecular complexity index is 1190. The number of nitrogens with zero attached hydrogens (tertiary/aromatic N) is 5. The molecule has 0 amide bonds. The van der Waals surface area contributed by atoms with Crippen LogP contribution in [-0.2, 0) is 4.74 Å². The number of carbonyl (C=O) groups is 1. The van der Waals surface area contributed by atoms with Crippen LogP contribution in [0.3, 0.4) is 0 Å². The SMILES string of the molecule is CCOC(=O)c1nnc2nnc(-c3ccc(OC)cc3)c(-c3ccc(OC)cc3)n12. The molecule has 0 aliphatic heterocycles. The fourth-order valence-corrected chi connectivity index (χ4v) is 3.08. The van der Waals surface area contributed by atoms with Gasteiger partial charge in [0.15, 0.2) is 0 Å². The topological polar surface area (TPSA) is 101 Å². The van der Waals surface area contributed by atoms with Crippen molar-refractivity contribution in [3.8, 4) is 34.0 Å². The molecular weight excluding hydrogens is 386 g/mol. The van der Waals surface area contributed by atoms with E-state index in [1.54, 1.807) is 25.5 Å². The second-order valence-corrected chi connectivity index (χ2v) is 6.23. The summed E-state index contributed by atoms with van der Waals surface area (Å²) in [6, 6.07) is 14.8. The lowest BCUT2D eigenvalue weighted by atomic mass is 10.0. The fourth-order valence-electron chi connectivity index (χ4n) is 3.08. The summed E-state index contributed by atoms with van der Waals surface area (Å²) in [7, 11) is 3.20. The van der Waals surface area contributed by atoms with Gasteiger partial charge in [0.25, 0.3) is 5.78 Å². The number of benzene rings is 2. The van der Waals surface area contributed by atoms with Gasteiger partial charge in [0.05, 0.1) is 26.5 Å². The predicted molar refractivity (Wildman–Crippen MR) is 109 cm³/mol. The van der Waals surface area contributed by atoms with Crippen molar-refractivity contribution < 1.29 is 19.0 Å². The van der Waals surface area contributed by atoms with Crippen molar-refractivity contribution in [1.29, 1.82) is 0 Å². The molecule has 0 saturated carbocycles. The number of fused-ring (bicyclic) bond motifs is 1. The van der Waals surface area contributed by atoms with E-state index in [0.29, 0.717) is 17.1 Å². The van der Waals surface area contributed by atoms with Gasteiger partial charge in [0.2, 0.25) is 5.82 Å². The zero-order valence-corrected chi connectivity index (χ0v) is 16.7. The Hall–Kier alpha value is -4.01. The van der Waals surface area contributed by atoms with Crippen molar-refractivity contribution >= 4 is 11.7 Å². The molecule has 0 bridgehead atoms. The molecule has 0 fully saturated rings. The van der Waals surface area contributed by atoms with Gasteiger partial charge in [-0.05, 0) is 55.5 Å².